The monoisotopic (exact) mass is 194 g/mol. The molecule has 0 aromatic carbocycles. The predicted molar refractivity (Wildman–Crippen MR) is 39.2 cm³/mol. The maximum absolute atomic E-state index is 9.25. The van der Waals surface area contributed by atoms with Crippen molar-refractivity contribution in [2.24, 2.45) is 0 Å². The molecule has 8 heteroatoms. The second-order valence-electron chi connectivity index (χ2n) is 0.990. The summed E-state index contributed by atoms with van der Waals surface area (Å²) in [4.78, 5) is 9.25. The molecule has 0 heterocycles. The number of rotatable bonds is 1. The molecule has 0 aromatic rings. The van der Waals surface area contributed by atoms with Crippen molar-refractivity contribution in [3.63, 3.8) is 0 Å². The molecule has 0 bridgehead atoms. The molecule has 3 N–H and O–H groups in total. The molecule has 6 nitrogen and oxygen atoms in total. The van der Waals surface area contributed by atoms with E-state index in [0.717, 1.165) is 6.08 Å². The average molecular weight is 194 g/mol. The van der Waals surface area contributed by atoms with Crippen LogP contribution < -0.4 is 0 Å². The molecule has 0 fully saturated rings. The molecule has 0 rings (SSSR count). The molecule has 0 aliphatic rings. The van der Waals surface area contributed by atoms with Crippen LogP contribution >= 0.6 is 0 Å². The fraction of sp³-hybridized carbons (Fsp3) is 0. The average Bonchev–Trinajstić information content (AvgIpc) is 1.61. The third-order valence-electron chi connectivity index (χ3n) is 0.175. The summed E-state index contributed by atoms with van der Waals surface area (Å²) in [6.45, 7) is 2.96. The number of carboxylic acids is 1. The van der Waals surface area contributed by atoms with E-state index >= 15 is 0 Å². The van der Waals surface area contributed by atoms with E-state index in [2.05, 4.69) is 6.58 Å². The Labute approximate surface area is 85.8 Å². The van der Waals surface area contributed by atoms with Gasteiger partial charge >= 0.3 is 45.9 Å². The van der Waals surface area contributed by atoms with E-state index in [-0.39, 0.29) is 29.6 Å². The van der Waals surface area contributed by atoms with E-state index in [0.29, 0.717) is 0 Å². The van der Waals surface area contributed by atoms with Crippen LogP contribution in [0.25, 0.3) is 0 Å². The molecule has 0 saturated carbocycles. The van der Waals surface area contributed by atoms with Gasteiger partial charge in [-0.3, -0.25) is 9.11 Å². The van der Waals surface area contributed by atoms with E-state index < -0.39 is 16.4 Å². The van der Waals surface area contributed by atoms with Gasteiger partial charge in [0, 0.05) is 6.08 Å². The summed E-state index contributed by atoms with van der Waals surface area (Å²) in [6, 6.07) is 0. The van der Waals surface area contributed by atoms with Gasteiger partial charge in [0.1, 0.15) is 0 Å². The van der Waals surface area contributed by atoms with Crippen LogP contribution in [0.4, 0.5) is 0 Å². The van der Waals surface area contributed by atoms with Crippen molar-refractivity contribution in [2.45, 2.75) is 0 Å². The number of hydrogen-bond acceptors (Lipinski definition) is 3. The summed E-state index contributed by atoms with van der Waals surface area (Å²) in [6.07, 6.45) is 0.833. The first-order valence-electron chi connectivity index (χ1n) is 1.82. The molecule has 0 saturated heterocycles. The fourth-order valence-corrected chi connectivity index (χ4v) is 0. The zero-order valence-corrected chi connectivity index (χ0v) is 5.58. The van der Waals surface area contributed by atoms with Crippen molar-refractivity contribution in [3.05, 3.63) is 12.7 Å². The summed E-state index contributed by atoms with van der Waals surface area (Å²) in [5.74, 6) is -0.981. The summed E-state index contributed by atoms with van der Waals surface area (Å²) in [7, 11) is -4.67. The Morgan fingerprint density at radius 2 is 1.45 bits per heavy atom. The van der Waals surface area contributed by atoms with Gasteiger partial charge in [0.05, 0.1) is 0 Å². The minimum absolute atomic E-state index is 0. The number of carboxylic acid groups (broad SMARTS) is 1. The van der Waals surface area contributed by atoms with Crippen LogP contribution in [0.3, 0.4) is 0 Å². The number of aliphatic carboxylic acids is 1. The molecule has 0 aromatic heterocycles. The van der Waals surface area contributed by atoms with Gasteiger partial charge in [0.15, 0.2) is 0 Å². The molecule has 0 radical (unpaired) electrons. The van der Waals surface area contributed by atoms with Crippen LogP contribution in [-0.4, -0.2) is 58.2 Å². The Balaban J connectivity index is -0.000000107. The second-order valence-corrected chi connectivity index (χ2v) is 1.89. The Morgan fingerprint density at radius 1 is 1.36 bits per heavy atom. The number of hydrogen-bond donors (Lipinski definition) is 3. The maximum atomic E-state index is 9.25. The predicted octanol–water partition coefficient (Wildman–Crippen LogP) is -1.04. The Hall–Kier alpha value is 0.0800. The van der Waals surface area contributed by atoms with Crippen molar-refractivity contribution in [1.82, 2.24) is 0 Å². The van der Waals surface area contributed by atoms with Gasteiger partial charge in [0.2, 0.25) is 0 Å². The molecular weight excluding hydrogens is 187 g/mol. The quantitative estimate of drug-likeness (QED) is 0.279. The van der Waals surface area contributed by atoms with Gasteiger partial charge in [-0.05, 0) is 0 Å². The SMILES string of the molecule is C=CC(=O)O.O=S(=O)(O)O.[NaH]. The van der Waals surface area contributed by atoms with Crippen LogP contribution in [0.15, 0.2) is 12.7 Å². The van der Waals surface area contributed by atoms with Gasteiger partial charge in [-0.1, -0.05) is 6.58 Å². The van der Waals surface area contributed by atoms with Crippen LogP contribution in [0, 0.1) is 0 Å². The summed E-state index contributed by atoms with van der Waals surface area (Å²) in [5, 5.41) is 7.60. The van der Waals surface area contributed by atoms with Crippen LogP contribution in [0.5, 0.6) is 0 Å². The fourth-order valence-electron chi connectivity index (χ4n) is 0. The van der Waals surface area contributed by atoms with Gasteiger partial charge in [-0.15, -0.1) is 0 Å². The van der Waals surface area contributed by atoms with Gasteiger partial charge in [-0.2, -0.15) is 8.42 Å². The third-order valence-corrected chi connectivity index (χ3v) is 0.175. The van der Waals surface area contributed by atoms with Crippen LogP contribution in [0.2, 0.25) is 0 Å². The molecule has 0 unspecified atom stereocenters. The summed E-state index contributed by atoms with van der Waals surface area (Å²) >= 11 is 0. The zero-order chi connectivity index (χ0) is 8.78. The van der Waals surface area contributed by atoms with Gasteiger partial charge < -0.3 is 5.11 Å². The Bertz CT molecular complexity index is 198. The normalized spacial score (nSPS) is 8.18. The van der Waals surface area contributed by atoms with Gasteiger partial charge in [-0.25, -0.2) is 4.79 Å². The van der Waals surface area contributed by atoms with E-state index in [1.165, 1.54) is 0 Å². The first-order valence-corrected chi connectivity index (χ1v) is 3.22. The molecular formula is C3H7NaO6S. The Kier molecular flexibility index (Phi) is 12.8. The molecule has 62 valence electrons. The summed E-state index contributed by atoms with van der Waals surface area (Å²) in [5.41, 5.74) is 0. The number of carbonyl (C=O) groups is 1. The van der Waals surface area contributed by atoms with Crippen molar-refractivity contribution in [3.8, 4) is 0 Å². The van der Waals surface area contributed by atoms with Crippen LogP contribution in [0.1, 0.15) is 0 Å². The van der Waals surface area contributed by atoms with Crippen LogP contribution in [-0.2, 0) is 15.2 Å². The molecule has 0 aliphatic carbocycles. The van der Waals surface area contributed by atoms with E-state index in [1.54, 1.807) is 0 Å². The van der Waals surface area contributed by atoms with E-state index in [1.807, 2.05) is 0 Å². The standard InChI is InChI=1S/C3H4O2.Na.H2O4S.H/c1-2-3(4)5;;1-5(2,3)4;/h2H,1H2,(H,4,5);;(H2,1,2,3,4);. The molecule has 0 amide bonds. The van der Waals surface area contributed by atoms with E-state index in [4.69, 9.17) is 22.6 Å². The first kappa shape index (κ1) is 17.2. The zero-order valence-electron chi connectivity index (χ0n) is 4.76. The topological polar surface area (TPSA) is 112 Å². The molecule has 11 heavy (non-hydrogen) atoms. The van der Waals surface area contributed by atoms with Gasteiger partial charge in [0.25, 0.3) is 0 Å². The van der Waals surface area contributed by atoms with E-state index in [9.17, 15) is 4.79 Å². The molecule has 0 atom stereocenters. The molecule has 0 aliphatic heterocycles. The third kappa shape index (κ3) is 152. The second kappa shape index (κ2) is 8.18. The van der Waals surface area contributed by atoms with Crippen molar-refractivity contribution in [2.75, 3.05) is 0 Å². The van der Waals surface area contributed by atoms with Crippen molar-refractivity contribution < 1.29 is 27.4 Å². The van der Waals surface area contributed by atoms with Crippen molar-refractivity contribution in [1.29, 1.82) is 0 Å². The Morgan fingerprint density at radius 3 is 1.45 bits per heavy atom. The summed E-state index contributed by atoms with van der Waals surface area (Å²) < 4.78 is 31.6. The van der Waals surface area contributed by atoms with Crippen molar-refractivity contribution >= 4 is 45.9 Å². The molecule has 0 spiro atoms. The minimum atomic E-state index is -4.67. The first-order chi connectivity index (χ1) is 4.27.